The SMILES string of the molecule is CCCCC(=O)CCCCCCCCCCCCCCCCC(=O)O. The maximum Gasteiger partial charge on any atom is 0.303 e. The molecular weight excluding hydrogens is 312 g/mol. The molecule has 148 valence electrons. The van der Waals surface area contributed by atoms with Crippen LogP contribution in [0.25, 0.3) is 0 Å². The second-order valence-electron chi connectivity index (χ2n) is 7.49. The quantitative estimate of drug-likeness (QED) is 0.238. The van der Waals surface area contributed by atoms with Crippen LogP contribution in [-0.2, 0) is 9.59 Å². The van der Waals surface area contributed by atoms with Gasteiger partial charge in [0.05, 0.1) is 0 Å². The van der Waals surface area contributed by atoms with Gasteiger partial charge in [-0.1, -0.05) is 90.4 Å². The molecule has 0 atom stereocenters. The third-order valence-corrected chi connectivity index (χ3v) is 4.91. The standard InChI is InChI=1S/C22H42O3/c1-2-3-18-21(23)19-16-14-12-10-8-6-4-5-7-9-11-13-15-17-20-22(24)25/h2-20H2,1H3,(H,24,25). The smallest absolute Gasteiger partial charge is 0.303 e. The molecule has 0 aliphatic carbocycles. The molecule has 0 rings (SSSR count). The third-order valence-electron chi connectivity index (χ3n) is 4.91. The summed E-state index contributed by atoms with van der Waals surface area (Å²) in [6, 6.07) is 0. The summed E-state index contributed by atoms with van der Waals surface area (Å²) in [6.45, 7) is 2.14. The molecule has 0 saturated carbocycles. The summed E-state index contributed by atoms with van der Waals surface area (Å²) in [6.07, 6.45) is 21.4. The highest BCUT2D eigenvalue weighted by atomic mass is 16.4. The average molecular weight is 355 g/mol. The summed E-state index contributed by atoms with van der Waals surface area (Å²) < 4.78 is 0. The van der Waals surface area contributed by atoms with E-state index in [1.54, 1.807) is 0 Å². The van der Waals surface area contributed by atoms with Crippen LogP contribution >= 0.6 is 0 Å². The van der Waals surface area contributed by atoms with Gasteiger partial charge < -0.3 is 5.11 Å². The van der Waals surface area contributed by atoms with Crippen LogP contribution in [0.1, 0.15) is 129 Å². The van der Waals surface area contributed by atoms with E-state index >= 15 is 0 Å². The zero-order valence-electron chi connectivity index (χ0n) is 16.7. The highest BCUT2D eigenvalue weighted by Gasteiger charge is 2.01. The van der Waals surface area contributed by atoms with Crippen LogP contribution in [0, 0.1) is 0 Å². The molecule has 0 aromatic carbocycles. The van der Waals surface area contributed by atoms with E-state index in [0.717, 1.165) is 44.9 Å². The van der Waals surface area contributed by atoms with Crippen molar-refractivity contribution in [3.05, 3.63) is 0 Å². The molecule has 0 spiro atoms. The minimum atomic E-state index is -0.666. The number of carbonyl (C=O) groups is 2. The maximum atomic E-state index is 11.5. The van der Waals surface area contributed by atoms with E-state index in [-0.39, 0.29) is 0 Å². The summed E-state index contributed by atoms with van der Waals surface area (Å²) >= 11 is 0. The average Bonchev–Trinajstić information content (AvgIpc) is 2.59. The van der Waals surface area contributed by atoms with Gasteiger partial charge in [0.2, 0.25) is 0 Å². The molecule has 0 aliphatic rings. The molecule has 0 unspecified atom stereocenters. The lowest BCUT2D eigenvalue weighted by atomic mass is 10.0. The van der Waals surface area contributed by atoms with Crippen molar-refractivity contribution < 1.29 is 14.7 Å². The molecule has 0 heterocycles. The van der Waals surface area contributed by atoms with E-state index in [1.165, 1.54) is 70.6 Å². The van der Waals surface area contributed by atoms with Crippen molar-refractivity contribution in [2.24, 2.45) is 0 Å². The Bertz CT molecular complexity index is 312. The molecule has 0 saturated heterocycles. The van der Waals surface area contributed by atoms with Gasteiger partial charge in [-0.3, -0.25) is 9.59 Å². The molecule has 3 nitrogen and oxygen atoms in total. The topological polar surface area (TPSA) is 54.4 Å². The summed E-state index contributed by atoms with van der Waals surface area (Å²) in [5.41, 5.74) is 0. The van der Waals surface area contributed by atoms with Gasteiger partial charge in [-0.15, -0.1) is 0 Å². The second kappa shape index (κ2) is 19.5. The van der Waals surface area contributed by atoms with Crippen LogP contribution in [-0.4, -0.2) is 16.9 Å². The normalized spacial score (nSPS) is 10.9. The number of rotatable bonds is 20. The second-order valence-corrected chi connectivity index (χ2v) is 7.49. The molecular formula is C22H42O3. The van der Waals surface area contributed by atoms with Crippen LogP contribution in [0.3, 0.4) is 0 Å². The predicted molar refractivity (Wildman–Crippen MR) is 106 cm³/mol. The Morgan fingerprint density at radius 2 is 0.840 bits per heavy atom. The number of ketones is 1. The number of aliphatic carboxylic acids is 1. The molecule has 3 heteroatoms. The lowest BCUT2D eigenvalue weighted by Gasteiger charge is -2.03. The number of carbonyl (C=O) groups excluding carboxylic acids is 1. The van der Waals surface area contributed by atoms with E-state index in [1.807, 2.05) is 0 Å². The Balaban J connectivity index is 3.07. The fourth-order valence-electron chi connectivity index (χ4n) is 3.22. The van der Waals surface area contributed by atoms with Crippen LogP contribution in [0.5, 0.6) is 0 Å². The van der Waals surface area contributed by atoms with Crippen molar-refractivity contribution in [3.63, 3.8) is 0 Å². The molecule has 0 aromatic rings. The largest absolute Gasteiger partial charge is 0.481 e. The zero-order chi connectivity index (χ0) is 18.6. The molecule has 25 heavy (non-hydrogen) atoms. The third kappa shape index (κ3) is 21.1. The summed E-state index contributed by atoms with van der Waals surface area (Å²) in [5, 5.41) is 8.55. The van der Waals surface area contributed by atoms with Gasteiger partial charge in [-0.2, -0.15) is 0 Å². The predicted octanol–water partition coefficient (Wildman–Crippen LogP) is 7.07. The minimum absolute atomic E-state index is 0.329. The van der Waals surface area contributed by atoms with Crippen LogP contribution in [0.4, 0.5) is 0 Å². The molecule has 0 amide bonds. The van der Waals surface area contributed by atoms with Crippen LogP contribution in [0.2, 0.25) is 0 Å². The number of Topliss-reactive ketones (excluding diaryl/α,β-unsaturated/α-hetero) is 1. The lowest BCUT2D eigenvalue weighted by Crippen LogP contribution is -1.96. The first-order valence-corrected chi connectivity index (χ1v) is 10.9. The van der Waals surface area contributed by atoms with Gasteiger partial charge in [-0.25, -0.2) is 0 Å². The van der Waals surface area contributed by atoms with Crippen molar-refractivity contribution in [2.45, 2.75) is 129 Å². The van der Waals surface area contributed by atoms with Crippen molar-refractivity contribution in [1.29, 1.82) is 0 Å². The number of hydrogen-bond acceptors (Lipinski definition) is 2. The molecule has 0 fully saturated rings. The minimum Gasteiger partial charge on any atom is -0.481 e. The number of carboxylic acid groups (broad SMARTS) is 1. The fraction of sp³-hybridized carbons (Fsp3) is 0.909. The first-order valence-electron chi connectivity index (χ1n) is 10.9. The highest BCUT2D eigenvalue weighted by molar-refractivity contribution is 5.78. The van der Waals surface area contributed by atoms with E-state index in [4.69, 9.17) is 5.11 Å². The summed E-state index contributed by atoms with van der Waals surface area (Å²) in [7, 11) is 0. The Morgan fingerprint density at radius 3 is 1.20 bits per heavy atom. The van der Waals surface area contributed by atoms with Crippen LogP contribution < -0.4 is 0 Å². The zero-order valence-corrected chi connectivity index (χ0v) is 16.7. The number of hydrogen-bond donors (Lipinski definition) is 1. The van der Waals surface area contributed by atoms with Gasteiger partial charge in [0.15, 0.2) is 0 Å². The Kier molecular flexibility index (Phi) is 18.8. The van der Waals surface area contributed by atoms with E-state index in [9.17, 15) is 9.59 Å². The number of unbranched alkanes of at least 4 members (excludes halogenated alkanes) is 14. The molecule has 0 bridgehead atoms. The van der Waals surface area contributed by atoms with Crippen LogP contribution in [0.15, 0.2) is 0 Å². The van der Waals surface area contributed by atoms with E-state index in [0.29, 0.717) is 12.2 Å². The van der Waals surface area contributed by atoms with Gasteiger partial charge in [0.25, 0.3) is 0 Å². The molecule has 0 aliphatic heterocycles. The van der Waals surface area contributed by atoms with Gasteiger partial charge in [0, 0.05) is 19.3 Å². The molecule has 1 N–H and O–H groups in total. The Morgan fingerprint density at radius 1 is 0.520 bits per heavy atom. The van der Waals surface area contributed by atoms with Crippen molar-refractivity contribution in [1.82, 2.24) is 0 Å². The highest BCUT2D eigenvalue weighted by Crippen LogP contribution is 2.14. The Labute approximate surface area is 156 Å². The summed E-state index contributed by atoms with van der Waals surface area (Å²) in [4.78, 5) is 21.9. The Hall–Kier alpha value is -0.860. The van der Waals surface area contributed by atoms with Gasteiger partial charge >= 0.3 is 5.97 Å². The molecule has 0 aromatic heterocycles. The monoisotopic (exact) mass is 354 g/mol. The van der Waals surface area contributed by atoms with Gasteiger partial charge in [-0.05, 0) is 19.3 Å². The van der Waals surface area contributed by atoms with Gasteiger partial charge in [0.1, 0.15) is 5.78 Å². The lowest BCUT2D eigenvalue weighted by molar-refractivity contribution is -0.137. The first kappa shape index (κ1) is 24.1. The summed E-state index contributed by atoms with van der Waals surface area (Å²) in [5.74, 6) is -0.204. The van der Waals surface area contributed by atoms with E-state index < -0.39 is 5.97 Å². The maximum absolute atomic E-state index is 11.5. The molecule has 0 radical (unpaired) electrons. The van der Waals surface area contributed by atoms with Crippen molar-refractivity contribution in [2.75, 3.05) is 0 Å². The number of carboxylic acids is 1. The first-order chi connectivity index (χ1) is 12.2. The van der Waals surface area contributed by atoms with E-state index in [2.05, 4.69) is 6.92 Å². The van der Waals surface area contributed by atoms with Crippen molar-refractivity contribution in [3.8, 4) is 0 Å². The fourth-order valence-corrected chi connectivity index (χ4v) is 3.22. The van der Waals surface area contributed by atoms with Crippen molar-refractivity contribution >= 4 is 11.8 Å².